The summed E-state index contributed by atoms with van der Waals surface area (Å²) in [5, 5.41) is 1.24. The second-order valence-electron chi connectivity index (χ2n) is 6.24. The van der Waals surface area contributed by atoms with E-state index in [2.05, 4.69) is 84.1 Å². The van der Waals surface area contributed by atoms with Crippen molar-refractivity contribution in [2.45, 2.75) is 6.92 Å². The molecule has 0 N–H and O–H groups in total. The van der Waals surface area contributed by atoms with Crippen LogP contribution in [-0.2, 0) is 0 Å². The molecule has 0 atom stereocenters. The summed E-state index contributed by atoms with van der Waals surface area (Å²) in [5.74, 6) is 0. The van der Waals surface area contributed by atoms with E-state index in [1.165, 1.54) is 16.5 Å². The first-order chi connectivity index (χ1) is 11.8. The van der Waals surface area contributed by atoms with Gasteiger partial charge in [0.1, 0.15) is 0 Å². The van der Waals surface area contributed by atoms with E-state index in [9.17, 15) is 0 Å². The summed E-state index contributed by atoms with van der Waals surface area (Å²) in [7, 11) is 0. The highest BCUT2D eigenvalue weighted by Gasteiger charge is 2.13. The maximum Gasteiger partial charge on any atom is 0.0950 e. The molecule has 0 aliphatic heterocycles. The molecule has 0 aliphatic rings. The van der Waals surface area contributed by atoms with Crippen LogP contribution in [0.1, 0.15) is 5.56 Å². The third-order valence-electron chi connectivity index (χ3n) is 4.63. The van der Waals surface area contributed by atoms with E-state index in [1.54, 1.807) is 0 Å². The molecule has 2 aromatic heterocycles. The van der Waals surface area contributed by atoms with E-state index in [1.807, 2.05) is 6.07 Å². The van der Waals surface area contributed by atoms with Crippen LogP contribution in [0.15, 0.2) is 78.9 Å². The normalized spacial score (nSPS) is 11.5. The van der Waals surface area contributed by atoms with Crippen LogP contribution in [0.25, 0.3) is 38.7 Å². The first-order valence-corrected chi connectivity index (χ1v) is 8.17. The second kappa shape index (κ2) is 4.93. The zero-order chi connectivity index (χ0) is 16.1. The van der Waals surface area contributed by atoms with Crippen molar-refractivity contribution in [3.8, 4) is 11.3 Å². The number of aromatic nitrogens is 2. The second-order valence-corrected chi connectivity index (χ2v) is 6.24. The van der Waals surface area contributed by atoms with Gasteiger partial charge in [0.25, 0.3) is 0 Å². The number of para-hydroxylation sites is 3. The Morgan fingerprint density at radius 3 is 2.25 bits per heavy atom. The molecule has 0 radical (unpaired) electrons. The molecule has 0 fully saturated rings. The lowest BCUT2D eigenvalue weighted by Crippen LogP contribution is -1.95. The summed E-state index contributed by atoms with van der Waals surface area (Å²) in [5.41, 5.74) is 7.98. The lowest BCUT2D eigenvalue weighted by Gasteiger charge is -2.09. The zero-order valence-electron chi connectivity index (χ0n) is 13.4. The third-order valence-corrected chi connectivity index (χ3v) is 4.63. The highest BCUT2D eigenvalue weighted by atomic mass is 14.9. The van der Waals surface area contributed by atoms with Crippen molar-refractivity contribution in [3.63, 3.8) is 0 Å². The summed E-state index contributed by atoms with van der Waals surface area (Å²) in [6.45, 7) is 2.11. The average Bonchev–Trinajstić information content (AvgIpc) is 3.02. The summed E-state index contributed by atoms with van der Waals surface area (Å²) in [4.78, 5) is 4.98. The first-order valence-electron chi connectivity index (χ1n) is 8.17. The number of rotatable bonds is 1. The van der Waals surface area contributed by atoms with Gasteiger partial charge in [-0.05, 0) is 31.2 Å². The number of fused-ring (bicyclic) bond motifs is 5. The quantitative estimate of drug-likeness (QED) is 0.393. The summed E-state index contributed by atoms with van der Waals surface area (Å²) < 4.78 is 2.33. The van der Waals surface area contributed by atoms with Gasteiger partial charge in [-0.1, -0.05) is 60.2 Å². The zero-order valence-corrected chi connectivity index (χ0v) is 13.4. The SMILES string of the molecule is Cc1ccc(-c2nc3ccccc3n3c2cc2ccccc23)cc1. The predicted molar refractivity (Wildman–Crippen MR) is 100 cm³/mol. The molecule has 2 nitrogen and oxygen atoms in total. The molecule has 0 spiro atoms. The molecular weight excluding hydrogens is 292 g/mol. The van der Waals surface area contributed by atoms with Gasteiger partial charge in [0.2, 0.25) is 0 Å². The molecule has 2 heteroatoms. The fraction of sp³-hybridized carbons (Fsp3) is 0.0455. The van der Waals surface area contributed by atoms with Crippen molar-refractivity contribution < 1.29 is 0 Å². The molecule has 0 saturated carbocycles. The Hall–Kier alpha value is -3.13. The van der Waals surface area contributed by atoms with Crippen molar-refractivity contribution in [1.29, 1.82) is 0 Å². The minimum Gasteiger partial charge on any atom is -0.306 e. The standard InChI is InChI=1S/C22H16N2/c1-15-10-12-16(13-11-15)22-21-14-17-6-2-4-8-19(17)24(21)20-9-5-3-7-18(20)23-22/h2-14H,1H3. The fourth-order valence-corrected chi connectivity index (χ4v) is 3.44. The molecule has 0 amide bonds. The number of benzene rings is 3. The predicted octanol–water partition coefficient (Wildman–Crippen LogP) is 5.62. The monoisotopic (exact) mass is 308 g/mol. The minimum absolute atomic E-state index is 1.02. The summed E-state index contributed by atoms with van der Waals surface area (Å²) in [6.07, 6.45) is 0. The Morgan fingerprint density at radius 2 is 1.42 bits per heavy atom. The average molecular weight is 308 g/mol. The molecule has 0 unspecified atom stereocenters. The van der Waals surface area contributed by atoms with E-state index in [-0.39, 0.29) is 0 Å². The fourth-order valence-electron chi connectivity index (χ4n) is 3.44. The Labute approximate surface area is 140 Å². The Balaban J connectivity index is 2.00. The van der Waals surface area contributed by atoms with Crippen LogP contribution in [0.5, 0.6) is 0 Å². The van der Waals surface area contributed by atoms with E-state index >= 15 is 0 Å². The lowest BCUT2D eigenvalue weighted by atomic mass is 10.1. The van der Waals surface area contributed by atoms with Gasteiger partial charge in [-0.15, -0.1) is 0 Å². The van der Waals surface area contributed by atoms with Crippen molar-refractivity contribution in [1.82, 2.24) is 9.38 Å². The maximum absolute atomic E-state index is 4.98. The van der Waals surface area contributed by atoms with Gasteiger partial charge in [0.15, 0.2) is 0 Å². The van der Waals surface area contributed by atoms with Crippen molar-refractivity contribution in [3.05, 3.63) is 84.4 Å². The highest BCUT2D eigenvalue weighted by Crippen LogP contribution is 2.31. The van der Waals surface area contributed by atoms with Crippen LogP contribution < -0.4 is 0 Å². The molecule has 24 heavy (non-hydrogen) atoms. The third kappa shape index (κ3) is 1.86. The van der Waals surface area contributed by atoms with Crippen LogP contribution in [0.2, 0.25) is 0 Å². The molecule has 5 aromatic rings. The van der Waals surface area contributed by atoms with Crippen LogP contribution in [-0.4, -0.2) is 9.38 Å². The topological polar surface area (TPSA) is 17.3 Å². The van der Waals surface area contributed by atoms with Gasteiger partial charge in [0, 0.05) is 10.9 Å². The maximum atomic E-state index is 4.98. The van der Waals surface area contributed by atoms with Gasteiger partial charge < -0.3 is 4.40 Å². The van der Waals surface area contributed by atoms with Gasteiger partial charge in [0.05, 0.1) is 27.8 Å². The number of hydrogen-bond acceptors (Lipinski definition) is 1. The first kappa shape index (κ1) is 13.3. The lowest BCUT2D eigenvalue weighted by molar-refractivity contribution is 1.27. The van der Waals surface area contributed by atoms with E-state index < -0.39 is 0 Å². The van der Waals surface area contributed by atoms with Crippen LogP contribution in [0.4, 0.5) is 0 Å². The highest BCUT2D eigenvalue weighted by molar-refractivity contribution is 5.98. The molecular formula is C22H16N2. The van der Waals surface area contributed by atoms with Crippen molar-refractivity contribution in [2.24, 2.45) is 0 Å². The molecule has 0 aliphatic carbocycles. The number of nitrogens with zero attached hydrogens (tertiary/aromatic N) is 2. The largest absolute Gasteiger partial charge is 0.306 e. The molecule has 0 bridgehead atoms. The smallest absolute Gasteiger partial charge is 0.0950 e. The molecule has 0 saturated heterocycles. The van der Waals surface area contributed by atoms with Crippen molar-refractivity contribution >= 4 is 27.5 Å². The minimum atomic E-state index is 1.02. The van der Waals surface area contributed by atoms with Gasteiger partial charge in [-0.2, -0.15) is 0 Å². The number of aryl methyl sites for hydroxylation is 1. The van der Waals surface area contributed by atoms with Crippen LogP contribution in [0, 0.1) is 6.92 Å². The Kier molecular flexibility index (Phi) is 2.74. The Bertz CT molecular complexity index is 1200. The summed E-state index contributed by atoms with van der Waals surface area (Å²) in [6, 6.07) is 27.7. The molecule has 114 valence electrons. The molecule has 3 aromatic carbocycles. The molecule has 5 rings (SSSR count). The summed E-state index contributed by atoms with van der Waals surface area (Å²) >= 11 is 0. The molecule has 2 heterocycles. The number of hydrogen-bond donors (Lipinski definition) is 0. The van der Waals surface area contributed by atoms with Gasteiger partial charge in [-0.3, -0.25) is 0 Å². The van der Waals surface area contributed by atoms with E-state index in [0.717, 1.165) is 27.8 Å². The van der Waals surface area contributed by atoms with Gasteiger partial charge in [-0.25, -0.2) is 4.98 Å². The Morgan fingerprint density at radius 1 is 0.708 bits per heavy atom. The van der Waals surface area contributed by atoms with Gasteiger partial charge >= 0.3 is 0 Å². The van der Waals surface area contributed by atoms with Crippen molar-refractivity contribution in [2.75, 3.05) is 0 Å². The van der Waals surface area contributed by atoms with Crippen LogP contribution >= 0.6 is 0 Å². The van der Waals surface area contributed by atoms with E-state index in [0.29, 0.717) is 0 Å². The van der Waals surface area contributed by atoms with E-state index in [4.69, 9.17) is 4.98 Å². The van der Waals surface area contributed by atoms with Crippen LogP contribution in [0.3, 0.4) is 0 Å².